The maximum absolute atomic E-state index is 12.1. The minimum absolute atomic E-state index is 0.201. The summed E-state index contributed by atoms with van der Waals surface area (Å²) in [5.41, 5.74) is 1.41. The molecule has 0 aliphatic carbocycles. The highest BCUT2D eigenvalue weighted by Gasteiger charge is 2.30. The monoisotopic (exact) mass is 257 g/mol. The molecule has 0 aliphatic rings. The molecule has 0 spiro atoms. The number of amides is 1. The van der Waals surface area contributed by atoms with Crippen LogP contribution in [0.3, 0.4) is 0 Å². The summed E-state index contributed by atoms with van der Waals surface area (Å²) in [7, 11) is 1.69. The highest BCUT2D eigenvalue weighted by atomic mass is 16.3. The third kappa shape index (κ3) is 2.58. The Hall–Kier alpha value is -2.35. The number of benzene rings is 1. The smallest absolute Gasteiger partial charge is 0.242 e. The van der Waals surface area contributed by atoms with Crippen LogP contribution in [0.5, 0.6) is 0 Å². The third-order valence-corrected chi connectivity index (χ3v) is 2.98. The van der Waals surface area contributed by atoms with Crippen LogP contribution in [-0.4, -0.2) is 22.8 Å². The minimum Gasteiger partial charge on any atom is -0.443 e. The summed E-state index contributed by atoms with van der Waals surface area (Å²) in [4.78, 5) is 17.7. The summed E-state index contributed by atoms with van der Waals surface area (Å²) in [6.45, 7) is 3.66. The first-order chi connectivity index (χ1) is 8.94. The lowest BCUT2D eigenvalue weighted by Crippen LogP contribution is -2.37. The average Bonchev–Trinajstić information content (AvgIpc) is 2.85. The van der Waals surface area contributed by atoms with E-state index in [0.29, 0.717) is 12.1 Å². The molecular formula is C14H15N3O2. The average molecular weight is 257 g/mol. The molecule has 0 N–H and O–H groups in total. The van der Waals surface area contributed by atoms with Crippen molar-refractivity contribution in [1.29, 1.82) is 5.26 Å². The van der Waals surface area contributed by atoms with E-state index in [0.717, 1.165) is 11.1 Å². The Bertz CT molecular complexity index is 652. The molecule has 0 saturated carbocycles. The van der Waals surface area contributed by atoms with Gasteiger partial charge in [0.1, 0.15) is 10.9 Å². The first kappa shape index (κ1) is 13.1. The fraction of sp³-hybridized carbons (Fsp3) is 0.357. The summed E-state index contributed by atoms with van der Waals surface area (Å²) in [5, 5.41) is 8.97. The van der Waals surface area contributed by atoms with E-state index >= 15 is 0 Å². The van der Waals surface area contributed by atoms with Gasteiger partial charge in [0, 0.05) is 13.6 Å². The van der Waals surface area contributed by atoms with Crippen molar-refractivity contribution in [1.82, 2.24) is 9.88 Å². The topological polar surface area (TPSA) is 70.1 Å². The number of hydrogen-bond donors (Lipinski definition) is 0. The Balaban J connectivity index is 2.16. The maximum Gasteiger partial charge on any atom is 0.242 e. The van der Waals surface area contributed by atoms with Crippen LogP contribution < -0.4 is 0 Å². The van der Waals surface area contributed by atoms with E-state index in [-0.39, 0.29) is 5.91 Å². The van der Waals surface area contributed by atoms with E-state index < -0.39 is 5.41 Å². The number of carbonyl (C=O) groups is 1. The van der Waals surface area contributed by atoms with Crippen molar-refractivity contribution in [3.05, 3.63) is 30.2 Å². The zero-order valence-corrected chi connectivity index (χ0v) is 11.2. The molecule has 0 atom stereocenters. The minimum atomic E-state index is -1.01. The molecule has 0 fully saturated rings. The van der Waals surface area contributed by atoms with Gasteiger partial charge in [-0.25, -0.2) is 4.98 Å². The normalized spacial score (nSPS) is 11.3. The molecule has 0 bridgehead atoms. The van der Waals surface area contributed by atoms with Crippen LogP contribution in [-0.2, 0) is 11.3 Å². The van der Waals surface area contributed by atoms with Gasteiger partial charge in [0.2, 0.25) is 5.91 Å². The molecule has 2 rings (SSSR count). The van der Waals surface area contributed by atoms with Gasteiger partial charge in [0.15, 0.2) is 12.0 Å². The number of carbonyl (C=O) groups excluding carboxylic acids is 1. The van der Waals surface area contributed by atoms with E-state index in [4.69, 9.17) is 9.68 Å². The van der Waals surface area contributed by atoms with E-state index in [9.17, 15) is 4.79 Å². The number of nitrogens with zero attached hydrogens (tertiary/aromatic N) is 3. The largest absolute Gasteiger partial charge is 0.443 e. The van der Waals surface area contributed by atoms with Gasteiger partial charge in [-0.1, -0.05) is 6.07 Å². The molecule has 2 aromatic rings. The van der Waals surface area contributed by atoms with E-state index in [1.807, 2.05) is 24.3 Å². The van der Waals surface area contributed by atoms with Gasteiger partial charge in [-0.05, 0) is 31.5 Å². The Labute approximate surface area is 111 Å². The molecule has 0 unspecified atom stereocenters. The molecule has 98 valence electrons. The maximum atomic E-state index is 12.1. The predicted octanol–water partition coefficient (Wildman–Crippen LogP) is 2.34. The fourth-order valence-electron chi connectivity index (χ4n) is 1.87. The Kier molecular flexibility index (Phi) is 3.26. The van der Waals surface area contributed by atoms with Crippen LogP contribution >= 0.6 is 0 Å². The second-order valence-corrected chi connectivity index (χ2v) is 5.05. The van der Waals surface area contributed by atoms with Crippen molar-refractivity contribution in [2.45, 2.75) is 20.4 Å². The van der Waals surface area contributed by atoms with Crippen LogP contribution in [0.2, 0.25) is 0 Å². The number of hydrogen-bond acceptors (Lipinski definition) is 4. The SMILES string of the molecule is CN(Cc1ccc2ncoc2c1)C(=O)C(C)(C)C#N. The van der Waals surface area contributed by atoms with Crippen molar-refractivity contribution in [3.63, 3.8) is 0 Å². The number of nitriles is 1. The molecule has 5 heteroatoms. The van der Waals surface area contributed by atoms with Crippen LogP contribution in [0.4, 0.5) is 0 Å². The number of oxazole rings is 1. The van der Waals surface area contributed by atoms with Crippen molar-refractivity contribution in [2.75, 3.05) is 7.05 Å². The molecule has 1 heterocycles. The van der Waals surface area contributed by atoms with Gasteiger partial charge in [-0.15, -0.1) is 0 Å². The van der Waals surface area contributed by atoms with Gasteiger partial charge in [-0.2, -0.15) is 5.26 Å². The molecule has 1 aromatic heterocycles. The molecule has 1 amide bonds. The first-order valence-corrected chi connectivity index (χ1v) is 5.93. The van der Waals surface area contributed by atoms with Crippen LogP contribution in [0, 0.1) is 16.7 Å². The highest BCUT2D eigenvalue weighted by molar-refractivity contribution is 5.84. The van der Waals surface area contributed by atoms with E-state index in [1.165, 1.54) is 6.39 Å². The Morgan fingerprint density at radius 2 is 2.26 bits per heavy atom. The number of rotatable bonds is 3. The lowest BCUT2D eigenvalue weighted by molar-refractivity contribution is -0.136. The zero-order valence-electron chi connectivity index (χ0n) is 11.2. The van der Waals surface area contributed by atoms with Gasteiger partial charge in [-0.3, -0.25) is 4.79 Å². The molecular weight excluding hydrogens is 242 g/mol. The lowest BCUT2D eigenvalue weighted by Gasteiger charge is -2.24. The molecule has 5 nitrogen and oxygen atoms in total. The molecule has 19 heavy (non-hydrogen) atoms. The molecule has 0 radical (unpaired) electrons. The summed E-state index contributed by atoms with van der Waals surface area (Å²) in [6.07, 6.45) is 1.39. The second-order valence-electron chi connectivity index (χ2n) is 5.05. The predicted molar refractivity (Wildman–Crippen MR) is 69.9 cm³/mol. The van der Waals surface area contributed by atoms with E-state index in [2.05, 4.69) is 4.98 Å². The van der Waals surface area contributed by atoms with Crippen LogP contribution in [0.25, 0.3) is 11.1 Å². The summed E-state index contributed by atoms with van der Waals surface area (Å²) in [5.74, 6) is -0.201. The zero-order chi connectivity index (χ0) is 14.0. The third-order valence-electron chi connectivity index (χ3n) is 2.98. The molecule has 1 aromatic carbocycles. The summed E-state index contributed by atoms with van der Waals surface area (Å²) < 4.78 is 5.22. The van der Waals surface area contributed by atoms with Crippen molar-refractivity contribution in [3.8, 4) is 6.07 Å². The quantitative estimate of drug-likeness (QED) is 0.846. The second kappa shape index (κ2) is 4.73. The molecule has 0 saturated heterocycles. The number of aromatic nitrogens is 1. The Morgan fingerprint density at radius 1 is 1.53 bits per heavy atom. The molecule has 0 aliphatic heterocycles. The van der Waals surface area contributed by atoms with Crippen molar-refractivity contribution >= 4 is 17.0 Å². The van der Waals surface area contributed by atoms with Crippen LogP contribution in [0.15, 0.2) is 29.0 Å². The van der Waals surface area contributed by atoms with E-state index in [1.54, 1.807) is 25.8 Å². The van der Waals surface area contributed by atoms with Crippen LogP contribution in [0.1, 0.15) is 19.4 Å². The summed E-state index contributed by atoms with van der Waals surface area (Å²) in [6, 6.07) is 7.61. The van der Waals surface area contributed by atoms with Crippen molar-refractivity contribution in [2.24, 2.45) is 5.41 Å². The lowest BCUT2D eigenvalue weighted by atomic mass is 9.94. The summed E-state index contributed by atoms with van der Waals surface area (Å²) >= 11 is 0. The number of fused-ring (bicyclic) bond motifs is 1. The standard InChI is InChI=1S/C14H15N3O2/c1-14(2,8-15)13(18)17(3)7-10-4-5-11-12(6-10)19-9-16-11/h4-6,9H,7H2,1-3H3. The van der Waals surface area contributed by atoms with Gasteiger partial charge in [0.05, 0.1) is 6.07 Å². The van der Waals surface area contributed by atoms with Gasteiger partial charge in [0.25, 0.3) is 0 Å². The first-order valence-electron chi connectivity index (χ1n) is 5.93. The van der Waals surface area contributed by atoms with Gasteiger partial charge < -0.3 is 9.32 Å². The van der Waals surface area contributed by atoms with Crippen molar-refractivity contribution < 1.29 is 9.21 Å². The van der Waals surface area contributed by atoms with Gasteiger partial charge >= 0.3 is 0 Å². The fourth-order valence-corrected chi connectivity index (χ4v) is 1.87. The highest BCUT2D eigenvalue weighted by Crippen LogP contribution is 2.20. The Morgan fingerprint density at radius 3 is 2.95 bits per heavy atom.